The Morgan fingerprint density at radius 1 is 1.41 bits per heavy atom. The average Bonchev–Trinajstić information content (AvgIpc) is 2.32. The molecule has 5 heteroatoms. The van der Waals surface area contributed by atoms with E-state index in [1.807, 2.05) is 7.05 Å². The van der Waals surface area contributed by atoms with Gasteiger partial charge in [0.2, 0.25) is 5.91 Å². The zero-order valence-electron chi connectivity index (χ0n) is 11.6. The Labute approximate surface area is 105 Å². The van der Waals surface area contributed by atoms with Gasteiger partial charge in [0.1, 0.15) is 0 Å². The number of hydrogen-bond acceptors (Lipinski definition) is 4. The van der Waals surface area contributed by atoms with Crippen molar-refractivity contribution in [2.75, 3.05) is 40.4 Å². The van der Waals surface area contributed by atoms with E-state index in [1.165, 1.54) is 0 Å². The highest BCUT2D eigenvalue weighted by molar-refractivity contribution is 5.78. The van der Waals surface area contributed by atoms with Crippen molar-refractivity contribution < 1.29 is 9.53 Å². The summed E-state index contributed by atoms with van der Waals surface area (Å²) < 4.78 is 4.88. The number of nitrogens with one attached hydrogen (secondary N) is 1. The molecule has 0 fully saturated rings. The first-order valence-electron chi connectivity index (χ1n) is 6.23. The van der Waals surface area contributed by atoms with Gasteiger partial charge in [-0.3, -0.25) is 9.69 Å². The molecule has 0 heterocycles. The van der Waals surface area contributed by atoms with Crippen LogP contribution in [0.1, 0.15) is 26.7 Å². The van der Waals surface area contributed by atoms with E-state index in [-0.39, 0.29) is 11.4 Å². The van der Waals surface area contributed by atoms with Crippen molar-refractivity contribution in [3.05, 3.63) is 0 Å². The summed E-state index contributed by atoms with van der Waals surface area (Å²) in [4.78, 5) is 13.7. The number of rotatable bonds is 9. The number of carbonyl (C=O) groups is 1. The summed E-state index contributed by atoms with van der Waals surface area (Å²) >= 11 is 0. The summed E-state index contributed by atoms with van der Waals surface area (Å²) in [6.07, 6.45) is 1.89. The van der Waals surface area contributed by atoms with Gasteiger partial charge in [-0.15, -0.1) is 0 Å². The van der Waals surface area contributed by atoms with Crippen LogP contribution < -0.4 is 11.1 Å². The van der Waals surface area contributed by atoms with Crippen molar-refractivity contribution >= 4 is 5.91 Å². The Morgan fingerprint density at radius 2 is 2.00 bits per heavy atom. The zero-order chi connectivity index (χ0) is 13.3. The molecular weight excluding hydrogens is 218 g/mol. The lowest BCUT2D eigenvalue weighted by Crippen LogP contribution is -2.54. The number of nitrogens with zero attached hydrogens (tertiary/aromatic N) is 1. The third-order valence-electron chi connectivity index (χ3n) is 3.52. The first kappa shape index (κ1) is 16.4. The SMILES string of the molecule is CCC(CC)(CN)N(C)CC(=O)NCCOC. The maximum Gasteiger partial charge on any atom is 0.234 e. The first-order valence-corrected chi connectivity index (χ1v) is 6.23. The lowest BCUT2D eigenvalue weighted by molar-refractivity contribution is -0.123. The Balaban J connectivity index is 4.21. The van der Waals surface area contributed by atoms with Crippen LogP contribution in [0.25, 0.3) is 0 Å². The number of hydrogen-bond donors (Lipinski definition) is 2. The molecule has 17 heavy (non-hydrogen) atoms. The Bertz CT molecular complexity index is 210. The van der Waals surface area contributed by atoms with Gasteiger partial charge >= 0.3 is 0 Å². The van der Waals surface area contributed by atoms with Crippen LogP contribution in [0.2, 0.25) is 0 Å². The topological polar surface area (TPSA) is 67.6 Å². The molecule has 0 aliphatic carbocycles. The van der Waals surface area contributed by atoms with Crippen LogP contribution in [-0.2, 0) is 9.53 Å². The van der Waals surface area contributed by atoms with Crippen molar-refractivity contribution in [2.45, 2.75) is 32.2 Å². The number of methoxy groups -OCH3 is 1. The van der Waals surface area contributed by atoms with E-state index in [2.05, 4.69) is 24.1 Å². The highest BCUT2D eigenvalue weighted by Gasteiger charge is 2.30. The number of ether oxygens (including phenoxy) is 1. The molecule has 1 amide bonds. The standard InChI is InChI=1S/C12H27N3O2/c1-5-12(6-2,10-13)15(3)9-11(16)14-7-8-17-4/h5-10,13H2,1-4H3,(H,14,16). The van der Waals surface area contributed by atoms with E-state index in [1.54, 1.807) is 7.11 Å². The Kier molecular flexibility index (Phi) is 8.12. The van der Waals surface area contributed by atoms with Crippen molar-refractivity contribution in [1.82, 2.24) is 10.2 Å². The van der Waals surface area contributed by atoms with Crippen molar-refractivity contribution in [3.63, 3.8) is 0 Å². The second-order valence-corrected chi connectivity index (χ2v) is 4.33. The van der Waals surface area contributed by atoms with Crippen molar-refractivity contribution in [2.24, 2.45) is 5.73 Å². The molecule has 0 aliphatic rings. The fourth-order valence-corrected chi connectivity index (χ4v) is 1.97. The maximum absolute atomic E-state index is 11.7. The number of nitrogens with two attached hydrogens (primary N) is 1. The van der Waals surface area contributed by atoms with Gasteiger partial charge in [-0.1, -0.05) is 13.8 Å². The zero-order valence-corrected chi connectivity index (χ0v) is 11.6. The molecular formula is C12H27N3O2. The molecule has 0 aromatic rings. The fraction of sp³-hybridized carbons (Fsp3) is 0.917. The van der Waals surface area contributed by atoms with Gasteiger partial charge in [-0.25, -0.2) is 0 Å². The van der Waals surface area contributed by atoms with Gasteiger partial charge in [0, 0.05) is 25.7 Å². The molecule has 0 radical (unpaired) electrons. The lowest BCUT2D eigenvalue weighted by Gasteiger charge is -2.39. The number of amides is 1. The molecule has 0 rings (SSSR count). The van der Waals surface area contributed by atoms with E-state index < -0.39 is 0 Å². The molecule has 0 unspecified atom stereocenters. The minimum Gasteiger partial charge on any atom is -0.383 e. The van der Waals surface area contributed by atoms with Gasteiger partial charge in [0.05, 0.1) is 13.2 Å². The minimum atomic E-state index is -0.0708. The molecule has 0 saturated carbocycles. The molecule has 3 N–H and O–H groups in total. The highest BCUT2D eigenvalue weighted by Crippen LogP contribution is 2.20. The molecule has 0 aliphatic heterocycles. The van der Waals surface area contributed by atoms with E-state index in [0.29, 0.717) is 26.2 Å². The predicted molar refractivity (Wildman–Crippen MR) is 69.9 cm³/mol. The number of likely N-dealkylation sites (N-methyl/N-ethyl adjacent to an activating group) is 1. The predicted octanol–water partition coefficient (Wildman–Crippen LogP) is 0.198. The third kappa shape index (κ3) is 5.02. The van der Waals surface area contributed by atoms with Crippen LogP contribution in [0.3, 0.4) is 0 Å². The normalized spacial score (nSPS) is 11.9. The van der Waals surface area contributed by atoms with Gasteiger partial charge in [-0.2, -0.15) is 0 Å². The molecule has 102 valence electrons. The van der Waals surface area contributed by atoms with Gasteiger partial charge < -0.3 is 15.8 Å². The fourth-order valence-electron chi connectivity index (χ4n) is 1.97. The highest BCUT2D eigenvalue weighted by atomic mass is 16.5. The third-order valence-corrected chi connectivity index (χ3v) is 3.52. The summed E-state index contributed by atoms with van der Waals surface area (Å²) in [6, 6.07) is 0. The Morgan fingerprint density at radius 3 is 2.41 bits per heavy atom. The molecule has 0 atom stereocenters. The molecule has 0 spiro atoms. The van der Waals surface area contributed by atoms with Crippen LogP contribution >= 0.6 is 0 Å². The van der Waals surface area contributed by atoms with Crippen LogP contribution in [0.4, 0.5) is 0 Å². The molecule has 0 aromatic heterocycles. The van der Waals surface area contributed by atoms with Gasteiger partial charge in [0.25, 0.3) is 0 Å². The lowest BCUT2D eigenvalue weighted by atomic mass is 9.91. The van der Waals surface area contributed by atoms with Crippen LogP contribution in [0.5, 0.6) is 0 Å². The van der Waals surface area contributed by atoms with E-state index in [0.717, 1.165) is 12.8 Å². The maximum atomic E-state index is 11.7. The molecule has 0 saturated heterocycles. The second-order valence-electron chi connectivity index (χ2n) is 4.33. The first-order chi connectivity index (χ1) is 8.06. The Hall–Kier alpha value is -0.650. The van der Waals surface area contributed by atoms with Crippen LogP contribution in [-0.4, -0.2) is 56.7 Å². The monoisotopic (exact) mass is 245 g/mol. The largest absolute Gasteiger partial charge is 0.383 e. The van der Waals surface area contributed by atoms with Gasteiger partial charge in [0.15, 0.2) is 0 Å². The number of carbonyl (C=O) groups excluding carboxylic acids is 1. The van der Waals surface area contributed by atoms with Crippen molar-refractivity contribution in [1.29, 1.82) is 0 Å². The smallest absolute Gasteiger partial charge is 0.234 e. The summed E-state index contributed by atoms with van der Waals surface area (Å²) in [7, 11) is 3.57. The van der Waals surface area contributed by atoms with Gasteiger partial charge in [-0.05, 0) is 19.9 Å². The molecule has 0 bridgehead atoms. The minimum absolute atomic E-state index is 0.0178. The summed E-state index contributed by atoms with van der Waals surface area (Å²) in [6.45, 7) is 6.26. The van der Waals surface area contributed by atoms with E-state index in [9.17, 15) is 4.79 Å². The van der Waals surface area contributed by atoms with E-state index >= 15 is 0 Å². The van der Waals surface area contributed by atoms with Crippen molar-refractivity contribution in [3.8, 4) is 0 Å². The van der Waals surface area contributed by atoms with E-state index in [4.69, 9.17) is 10.5 Å². The summed E-state index contributed by atoms with van der Waals surface area (Å²) in [5.74, 6) is 0.0178. The summed E-state index contributed by atoms with van der Waals surface area (Å²) in [5, 5.41) is 2.81. The average molecular weight is 245 g/mol. The molecule has 5 nitrogen and oxygen atoms in total. The van der Waals surface area contributed by atoms with Crippen LogP contribution in [0, 0.1) is 0 Å². The summed E-state index contributed by atoms with van der Waals surface area (Å²) in [5.41, 5.74) is 5.76. The van der Waals surface area contributed by atoms with Crippen LogP contribution in [0.15, 0.2) is 0 Å². The molecule has 0 aromatic carbocycles. The second kappa shape index (κ2) is 8.44. The quantitative estimate of drug-likeness (QED) is 0.569.